The number of nitrogens with zero attached hydrogens (tertiary/aromatic N) is 1. The molecule has 0 unspecified atom stereocenters. The third-order valence-electron chi connectivity index (χ3n) is 1.39. The van der Waals surface area contributed by atoms with Crippen molar-refractivity contribution in [3.63, 3.8) is 0 Å². The number of hydrogen-bond acceptors (Lipinski definition) is 1. The van der Waals surface area contributed by atoms with Crippen LogP contribution < -0.4 is 0 Å². The second-order valence-electron chi connectivity index (χ2n) is 2.38. The van der Waals surface area contributed by atoms with Crippen molar-refractivity contribution in [3.05, 3.63) is 32.5 Å². The van der Waals surface area contributed by atoms with Crippen molar-refractivity contribution < 1.29 is 4.39 Å². The minimum atomic E-state index is -0.338. The molecule has 1 aromatic carbocycles. The summed E-state index contributed by atoms with van der Waals surface area (Å²) in [6.45, 7) is 0. The fraction of sp³-hybridized carbons (Fsp3) is 0.100. The maximum atomic E-state index is 12.8. The first kappa shape index (κ1) is 11.2. The summed E-state index contributed by atoms with van der Waals surface area (Å²) in [7, 11) is 0. The van der Waals surface area contributed by atoms with Gasteiger partial charge in [0.1, 0.15) is 5.82 Å². The lowest BCUT2D eigenvalue weighted by Gasteiger charge is -1.99. The van der Waals surface area contributed by atoms with E-state index in [1.807, 2.05) is 6.07 Å². The molecule has 0 aliphatic rings. The van der Waals surface area contributed by atoms with Crippen LogP contribution in [-0.4, -0.2) is 0 Å². The molecule has 0 atom stereocenters. The molecule has 1 aromatic rings. The van der Waals surface area contributed by atoms with Crippen LogP contribution in [0.1, 0.15) is 12.0 Å². The van der Waals surface area contributed by atoms with Crippen molar-refractivity contribution in [1.82, 2.24) is 0 Å². The first-order valence-corrected chi connectivity index (χ1v) is 5.24. The summed E-state index contributed by atoms with van der Waals surface area (Å²) >= 11 is 6.39. The SMILES string of the molecule is N#CCC#Cc1c(Br)cc(F)cc1Br. The van der Waals surface area contributed by atoms with Gasteiger partial charge in [-0.05, 0) is 44.0 Å². The number of benzene rings is 1. The molecular formula is C10H4Br2FN. The first-order chi connectivity index (χ1) is 6.65. The minimum absolute atomic E-state index is 0.163. The van der Waals surface area contributed by atoms with Crippen molar-refractivity contribution in [2.24, 2.45) is 0 Å². The lowest BCUT2D eigenvalue weighted by Crippen LogP contribution is -1.83. The van der Waals surface area contributed by atoms with Crippen LogP contribution in [0.4, 0.5) is 4.39 Å². The molecule has 70 valence electrons. The Hall–Kier alpha value is -0.840. The summed E-state index contributed by atoms with van der Waals surface area (Å²) in [6.07, 6.45) is 0.163. The Balaban J connectivity index is 3.12. The van der Waals surface area contributed by atoms with Crippen LogP contribution in [0, 0.1) is 29.0 Å². The number of rotatable bonds is 0. The van der Waals surface area contributed by atoms with Gasteiger partial charge in [0.05, 0.1) is 18.1 Å². The molecule has 0 aliphatic heterocycles. The molecule has 0 heterocycles. The van der Waals surface area contributed by atoms with Gasteiger partial charge >= 0.3 is 0 Å². The molecule has 1 rings (SSSR count). The predicted molar refractivity (Wildman–Crippen MR) is 58.9 cm³/mol. The van der Waals surface area contributed by atoms with Gasteiger partial charge in [0, 0.05) is 8.95 Å². The molecule has 0 spiro atoms. The molecule has 0 N–H and O–H groups in total. The lowest BCUT2D eigenvalue weighted by atomic mass is 10.2. The van der Waals surface area contributed by atoms with Crippen LogP contribution in [0.2, 0.25) is 0 Å². The zero-order chi connectivity index (χ0) is 10.6. The van der Waals surface area contributed by atoms with Gasteiger partial charge in [-0.3, -0.25) is 0 Å². The van der Waals surface area contributed by atoms with Crippen LogP contribution in [0.3, 0.4) is 0 Å². The second-order valence-corrected chi connectivity index (χ2v) is 4.09. The second kappa shape index (κ2) is 5.14. The Labute approximate surface area is 98.2 Å². The van der Waals surface area contributed by atoms with E-state index in [0.29, 0.717) is 14.5 Å². The number of hydrogen-bond donors (Lipinski definition) is 0. The number of halogens is 3. The largest absolute Gasteiger partial charge is 0.207 e. The van der Waals surface area contributed by atoms with Gasteiger partial charge in [-0.1, -0.05) is 11.8 Å². The van der Waals surface area contributed by atoms with Crippen LogP contribution in [0.25, 0.3) is 0 Å². The highest BCUT2D eigenvalue weighted by Gasteiger charge is 2.04. The maximum absolute atomic E-state index is 12.8. The van der Waals surface area contributed by atoms with Gasteiger partial charge in [-0.25, -0.2) is 4.39 Å². The third-order valence-corrected chi connectivity index (χ3v) is 2.64. The summed E-state index contributed by atoms with van der Waals surface area (Å²) < 4.78 is 14.0. The molecular weight excluding hydrogens is 313 g/mol. The summed E-state index contributed by atoms with van der Waals surface area (Å²) in [5.74, 6) is 5.10. The molecule has 0 aromatic heterocycles. The molecule has 0 fully saturated rings. The fourth-order valence-corrected chi connectivity index (χ4v) is 2.16. The molecule has 0 aliphatic carbocycles. The van der Waals surface area contributed by atoms with E-state index in [1.165, 1.54) is 12.1 Å². The zero-order valence-electron chi connectivity index (χ0n) is 6.94. The van der Waals surface area contributed by atoms with Gasteiger partial charge in [0.2, 0.25) is 0 Å². The average molecular weight is 317 g/mol. The van der Waals surface area contributed by atoms with Crippen molar-refractivity contribution in [3.8, 4) is 17.9 Å². The van der Waals surface area contributed by atoms with Gasteiger partial charge < -0.3 is 0 Å². The normalized spacial score (nSPS) is 8.71. The van der Waals surface area contributed by atoms with Crippen molar-refractivity contribution >= 4 is 31.9 Å². The molecule has 0 bridgehead atoms. The topological polar surface area (TPSA) is 23.8 Å². The van der Waals surface area contributed by atoms with Crippen molar-refractivity contribution in [2.75, 3.05) is 0 Å². The standard InChI is InChI=1S/C10H4Br2FN/c11-9-5-7(13)6-10(12)8(9)3-1-2-4-14/h5-6H,2H2. The Morgan fingerprint density at radius 2 is 1.86 bits per heavy atom. The van der Waals surface area contributed by atoms with Crippen LogP contribution in [-0.2, 0) is 0 Å². The van der Waals surface area contributed by atoms with Gasteiger partial charge in [-0.15, -0.1) is 0 Å². The molecule has 0 saturated carbocycles. The van der Waals surface area contributed by atoms with E-state index in [4.69, 9.17) is 5.26 Å². The van der Waals surface area contributed by atoms with E-state index in [-0.39, 0.29) is 12.2 Å². The average Bonchev–Trinajstić information content (AvgIpc) is 2.09. The highest BCUT2D eigenvalue weighted by Crippen LogP contribution is 2.25. The lowest BCUT2D eigenvalue weighted by molar-refractivity contribution is 0.626. The Morgan fingerprint density at radius 1 is 1.29 bits per heavy atom. The minimum Gasteiger partial charge on any atom is -0.207 e. The summed E-state index contributed by atoms with van der Waals surface area (Å²) in [5.41, 5.74) is 0.654. The summed E-state index contributed by atoms with van der Waals surface area (Å²) in [5, 5.41) is 8.29. The number of nitriles is 1. The van der Waals surface area contributed by atoms with E-state index in [1.54, 1.807) is 0 Å². The highest BCUT2D eigenvalue weighted by molar-refractivity contribution is 9.11. The van der Waals surface area contributed by atoms with Gasteiger partial charge in [0.15, 0.2) is 0 Å². The maximum Gasteiger partial charge on any atom is 0.125 e. The first-order valence-electron chi connectivity index (χ1n) is 3.65. The Kier molecular flexibility index (Phi) is 4.13. The van der Waals surface area contributed by atoms with Crippen LogP contribution in [0.15, 0.2) is 21.1 Å². The van der Waals surface area contributed by atoms with E-state index in [9.17, 15) is 4.39 Å². The van der Waals surface area contributed by atoms with Crippen LogP contribution >= 0.6 is 31.9 Å². The monoisotopic (exact) mass is 315 g/mol. The van der Waals surface area contributed by atoms with E-state index < -0.39 is 0 Å². The smallest absolute Gasteiger partial charge is 0.125 e. The Morgan fingerprint density at radius 3 is 2.36 bits per heavy atom. The molecule has 0 radical (unpaired) electrons. The fourth-order valence-electron chi connectivity index (χ4n) is 0.834. The third kappa shape index (κ3) is 2.83. The predicted octanol–water partition coefficient (Wildman–Crippen LogP) is 3.62. The van der Waals surface area contributed by atoms with Gasteiger partial charge in [0.25, 0.3) is 0 Å². The van der Waals surface area contributed by atoms with Gasteiger partial charge in [-0.2, -0.15) is 5.26 Å². The summed E-state index contributed by atoms with van der Waals surface area (Å²) in [6, 6.07) is 4.58. The molecule has 0 saturated heterocycles. The molecule has 14 heavy (non-hydrogen) atoms. The van der Waals surface area contributed by atoms with Crippen molar-refractivity contribution in [1.29, 1.82) is 5.26 Å². The molecule has 0 amide bonds. The Bertz CT molecular complexity index is 428. The molecule has 1 nitrogen and oxygen atoms in total. The summed E-state index contributed by atoms with van der Waals surface area (Å²) in [4.78, 5) is 0. The zero-order valence-corrected chi connectivity index (χ0v) is 10.1. The van der Waals surface area contributed by atoms with E-state index in [2.05, 4.69) is 43.7 Å². The highest BCUT2D eigenvalue weighted by atomic mass is 79.9. The molecule has 4 heteroatoms. The van der Waals surface area contributed by atoms with E-state index >= 15 is 0 Å². The quantitative estimate of drug-likeness (QED) is 0.671. The van der Waals surface area contributed by atoms with E-state index in [0.717, 1.165) is 0 Å². The van der Waals surface area contributed by atoms with Crippen molar-refractivity contribution in [2.45, 2.75) is 6.42 Å². The van der Waals surface area contributed by atoms with Crippen LogP contribution in [0.5, 0.6) is 0 Å².